The van der Waals surface area contributed by atoms with E-state index in [1.54, 1.807) is 27.8 Å². The number of benzene rings is 1. The smallest absolute Gasteiger partial charge is 0.328 e. The van der Waals surface area contributed by atoms with Gasteiger partial charge in [0.25, 0.3) is 0 Å². The first-order valence-electron chi connectivity index (χ1n) is 11.1. The Kier molecular flexibility index (Phi) is 5.85. The number of aliphatic hydroxyl groups excluding tert-OH is 1. The molecule has 5 rings (SSSR count). The molecular formula is C25H25ClN6O2. The van der Waals surface area contributed by atoms with E-state index in [9.17, 15) is 9.90 Å². The molecule has 2 N–H and O–H groups in total. The molecule has 8 nitrogen and oxygen atoms in total. The summed E-state index contributed by atoms with van der Waals surface area (Å²) in [5.74, 6) is 1.37. The zero-order valence-electron chi connectivity index (χ0n) is 18.9. The molecule has 1 aliphatic rings. The summed E-state index contributed by atoms with van der Waals surface area (Å²) < 4.78 is 3.60. The topological polar surface area (TPSA) is 88.2 Å². The number of rotatable bonds is 6. The monoisotopic (exact) mass is 476 g/mol. The summed E-state index contributed by atoms with van der Waals surface area (Å²) in [5.41, 5.74) is 4.25. The number of halogens is 1. The Morgan fingerprint density at radius 1 is 1.24 bits per heavy atom. The highest BCUT2D eigenvalue weighted by Crippen LogP contribution is 2.31. The molecule has 9 heteroatoms. The zero-order valence-corrected chi connectivity index (χ0v) is 19.7. The van der Waals surface area contributed by atoms with Gasteiger partial charge in [-0.05, 0) is 48.4 Å². The summed E-state index contributed by atoms with van der Waals surface area (Å²) in [6, 6.07) is 12.5. The van der Waals surface area contributed by atoms with Crippen molar-refractivity contribution in [2.45, 2.75) is 19.4 Å². The lowest BCUT2D eigenvalue weighted by Gasteiger charge is -2.34. The van der Waals surface area contributed by atoms with E-state index in [4.69, 9.17) is 16.6 Å². The molecule has 1 aromatic carbocycles. The number of aromatic nitrogens is 4. The SMILES string of the molecule is Cc1cnc(Nc2cccn2C)nc1-c1cc2n(c1)C(=O)N([C@H](CO)c1cccc(Cl)c1)CC2. The summed E-state index contributed by atoms with van der Waals surface area (Å²) in [4.78, 5) is 24.2. The van der Waals surface area contributed by atoms with Crippen LogP contribution in [0.25, 0.3) is 11.3 Å². The van der Waals surface area contributed by atoms with E-state index in [1.807, 2.05) is 61.3 Å². The lowest BCUT2D eigenvalue weighted by atomic mass is 10.0. The van der Waals surface area contributed by atoms with Gasteiger partial charge in [0.15, 0.2) is 0 Å². The number of carbonyl (C=O) groups is 1. The van der Waals surface area contributed by atoms with Gasteiger partial charge in [-0.1, -0.05) is 23.7 Å². The molecule has 1 amide bonds. The molecule has 3 aromatic heterocycles. The second-order valence-corrected chi connectivity index (χ2v) is 8.86. The number of nitrogens with zero attached hydrogens (tertiary/aromatic N) is 5. The van der Waals surface area contributed by atoms with Crippen molar-refractivity contribution in [3.05, 3.63) is 82.9 Å². The number of aryl methyl sites for hydroxylation is 2. The highest BCUT2D eigenvalue weighted by atomic mass is 35.5. The second kappa shape index (κ2) is 8.96. The van der Waals surface area contributed by atoms with Crippen LogP contribution in [0.5, 0.6) is 0 Å². The molecule has 0 unspecified atom stereocenters. The fourth-order valence-corrected chi connectivity index (χ4v) is 4.56. The van der Waals surface area contributed by atoms with Gasteiger partial charge in [0.1, 0.15) is 5.82 Å². The maximum atomic E-state index is 13.4. The van der Waals surface area contributed by atoms with Crippen molar-refractivity contribution >= 4 is 29.4 Å². The Morgan fingerprint density at radius 3 is 2.82 bits per heavy atom. The molecule has 0 saturated carbocycles. The molecule has 1 atom stereocenters. The molecule has 0 fully saturated rings. The third kappa shape index (κ3) is 4.06. The molecule has 174 valence electrons. The molecule has 0 spiro atoms. The van der Waals surface area contributed by atoms with Crippen LogP contribution in [0, 0.1) is 6.92 Å². The van der Waals surface area contributed by atoms with Crippen molar-refractivity contribution in [1.82, 2.24) is 24.0 Å². The first kappa shape index (κ1) is 22.2. The second-order valence-electron chi connectivity index (χ2n) is 8.42. The number of amides is 1. The third-order valence-corrected chi connectivity index (χ3v) is 6.41. The molecular weight excluding hydrogens is 452 g/mol. The van der Waals surface area contributed by atoms with Crippen molar-refractivity contribution in [2.24, 2.45) is 7.05 Å². The lowest BCUT2D eigenvalue weighted by molar-refractivity contribution is 0.128. The average Bonchev–Trinajstić information content (AvgIpc) is 3.44. The zero-order chi connectivity index (χ0) is 23.8. The highest BCUT2D eigenvalue weighted by Gasteiger charge is 2.31. The average molecular weight is 477 g/mol. The number of nitrogens with one attached hydrogen (secondary N) is 1. The van der Waals surface area contributed by atoms with E-state index in [2.05, 4.69) is 10.3 Å². The van der Waals surface area contributed by atoms with Gasteiger partial charge in [-0.2, -0.15) is 0 Å². The standard InChI is InChI=1S/C25H25ClN6O2/c1-16-13-27-24(28-22-7-4-9-30(22)2)29-23(16)18-12-20-8-10-31(25(34)32(20)14-18)21(15-33)17-5-3-6-19(26)11-17/h3-7,9,11-14,21,33H,8,10,15H2,1-2H3,(H,27,28,29)/t21-/m1/s1. The van der Waals surface area contributed by atoms with Gasteiger partial charge in [-0.25, -0.2) is 14.8 Å². The van der Waals surface area contributed by atoms with Crippen LogP contribution in [0.2, 0.25) is 5.02 Å². The van der Waals surface area contributed by atoms with E-state index >= 15 is 0 Å². The first-order chi connectivity index (χ1) is 16.4. The summed E-state index contributed by atoms with van der Waals surface area (Å²) in [6.07, 6.45) is 6.21. The predicted molar refractivity (Wildman–Crippen MR) is 131 cm³/mol. The molecule has 0 saturated heterocycles. The van der Waals surface area contributed by atoms with Crippen LogP contribution < -0.4 is 5.32 Å². The molecule has 4 aromatic rings. The summed E-state index contributed by atoms with van der Waals surface area (Å²) in [7, 11) is 1.94. The maximum Gasteiger partial charge on any atom is 0.328 e. The van der Waals surface area contributed by atoms with Gasteiger partial charge in [0, 0.05) is 54.9 Å². The van der Waals surface area contributed by atoms with Crippen molar-refractivity contribution in [3.63, 3.8) is 0 Å². The molecule has 0 radical (unpaired) electrons. The third-order valence-electron chi connectivity index (χ3n) is 6.17. The quantitative estimate of drug-likeness (QED) is 0.426. The lowest BCUT2D eigenvalue weighted by Crippen LogP contribution is -2.44. The summed E-state index contributed by atoms with van der Waals surface area (Å²) in [6.45, 7) is 2.27. The highest BCUT2D eigenvalue weighted by molar-refractivity contribution is 6.30. The Morgan fingerprint density at radius 2 is 2.09 bits per heavy atom. The Balaban J connectivity index is 1.45. The van der Waals surface area contributed by atoms with Crippen molar-refractivity contribution in [3.8, 4) is 11.3 Å². The van der Waals surface area contributed by atoms with Gasteiger partial charge in [0.2, 0.25) is 5.95 Å². The van der Waals surface area contributed by atoms with Crippen molar-refractivity contribution < 1.29 is 9.90 Å². The molecule has 34 heavy (non-hydrogen) atoms. The molecule has 0 bridgehead atoms. The van der Waals surface area contributed by atoms with Crippen LogP contribution in [0.4, 0.5) is 16.6 Å². The number of aliphatic hydroxyl groups is 1. The summed E-state index contributed by atoms with van der Waals surface area (Å²) >= 11 is 6.15. The molecule has 4 heterocycles. The summed E-state index contributed by atoms with van der Waals surface area (Å²) in [5, 5.41) is 13.9. The minimum absolute atomic E-state index is 0.180. The van der Waals surface area contributed by atoms with Crippen LogP contribution >= 0.6 is 11.6 Å². The number of fused-ring (bicyclic) bond motifs is 1. The van der Waals surface area contributed by atoms with Crippen LogP contribution in [-0.4, -0.2) is 48.3 Å². The Labute approximate surface area is 202 Å². The maximum absolute atomic E-state index is 13.4. The predicted octanol–water partition coefficient (Wildman–Crippen LogP) is 4.55. The van der Waals surface area contributed by atoms with Crippen LogP contribution in [0.1, 0.15) is 22.9 Å². The fraction of sp³-hybridized carbons (Fsp3) is 0.240. The van der Waals surface area contributed by atoms with E-state index in [0.29, 0.717) is 23.9 Å². The van der Waals surface area contributed by atoms with Crippen molar-refractivity contribution in [2.75, 3.05) is 18.5 Å². The van der Waals surface area contributed by atoms with E-state index < -0.39 is 6.04 Å². The normalized spacial score (nSPS) is 14.2. The van der Waals surface area contributed by atoms with Crippen LogP contribution in [0.15, 0.2) is 61.1 Å². The van der Waals surface area contributed by atoms with Gasteiger partial charge in [-0.15, -0.1) is 0 Å². The minimum Gasteiger partial charge on any atom is -0.394 e. The van der Waals surface area contributed by atoms with Crippen molar-refractivity contribution in [1.29, 1.82) is 0 Å². The van der Waals surface area contributed by atoms with E-state index in [1.165, 1.54) is 0 Å². The number of hydrogen-bond donors (Lipinski definition) is 2. The minimum atomic E-state index is -0.466. The van der Waals surface area contributed by atoms with E-state index in [-0.39, 0.29) is 12.6 Å². The van der Waals surface area contributed by atoms with Gasteiger partial charge >= 0.3 is 6.03 Å². The Hall–Kier alpha value is -3.62. The number of carbonyl (C=O) groups excluding carboxylic acids is 1. The first-order valence-corrected chi connectivity index (χ1v) is 11.4. The largest absolute Gasteiger partial charge is 0.394 e. The fourth-order valence-electron chi connectivity index (χ4n) is 4.36. The van der Waals surface area contributed by atoms with E-state index in [0.717, 1.165) is 33.9 Å². The number of anilines is 2. The Bertz CT molecular complexity index is 1360. The van der Waals surface area contributed by atoms with Gasteiger partial charge in [0.05, 0.1) is 18.3 Å². The van der Waals surface area contributed by atoms with Gasteiger partial charge in [-0.3, -0.25) is 4.57 Å². The van der Waals surface area contributed by atoms with Crippen LogP contribution in [-0.2, 0) is 13.5 Å². The van der Waals surface area contributed by atoms with Gasteiger partial charge < -0.3 is 19.9 Å². The molecule has 1 aliphatic heterocycles. The number of hydrogen-bond acceptors (Lipinski definition) is 5. The molecule has 0 aliphatic carbocycles. The van der Waals surface area contributed by atoms with Crippen LogP contribution in [0.3, 0.4) is 0 Å².